The van der Waals surface area contributed by atoms with Crippen LogP contribution in [0.2, 0.25) is 0 Å². The van der Waals surface area contributed by atoms with Crippen molar-refractivity contribution in [1.29, 1.82) is 0 Å². The Bertz CT molecular complexity index is 990. The van der Waals surface area contributed by atoms with Crippen LogP contribution in [0.25, 0.3) is 0 Å². The van der Waals surface area contributed by atoms with Crippen molar-refractivity contribution in [2.45, 2.75) is 69.8 Å². The third-order valence-corrected chi connectivity index (χ3v) is 7.67. The molecule has 0 spiro atoms. The first-order chi connectivity index (χ1) is 16.0. The van der Waals surface area contributed by atoms with E-state index in [1.54, 1.807) is 13.8 Å². The van der Waals surface area contributed by atoms with Crippen molar-refractivity contribution in [3.63, 3.8) is 0 Å². The monoisotopic (exact) mass is 475 g/mol. The Hall–Kier alpha value is -2.45. The molecule has 2 heterocycles. The Kier molecular flexibility index (Phi) is 6.75. The third-order valence-electron chi connectivity index (χ3n) is 7.67. The highest BCUT2D eigenvalue weighted by Crippen LogP contribution is 2.52. The summed E-state index contributed by atoms with van der Waals surface area (Å²) in [6, 6.07) is 11.7. The summed E-state index contributed by atoms with van der Waals surface area (Å²) in [5.74, 6) is 0.216. The van der Waals surface area contributed by atoms with E-state index < -0.39 is 22.8 Å². The Morgan fingerprint density at radius 2 is 1.79 bits per heavy atom. The van der Waals surface area contributed by atoms with Crippen LogP contribution in [-0.4, -0.2) is 45.6 Å². The largest absolute Gasteiger partial charge is 0.417 e. The summed E-state index contributed by atoms with van der Waals surface area (Å²) in [5, 5.41) is 13.6. The van der Waals surface area contributed by atoms with Crippen LogP contribution < -0.4 is 5.32 Å². The molecular weight excluding hydrogens is 443 g/mol. The lowest BCUT2D eigenvalue weighted by molar-refractivity contribution is -0.172. The van der Waals surface area contributed by atoms with Gasteiger partial charge >= 0.3 is 6.18 Å². The Labute approximate surface area is 198 Å². The molecule has 1 saturated carbocycles. The first-order valence-corrected chi connectivity index (χ1v) is 11.8. The number of alkyl halides is 3. The van der Waals surface area contributed by atoms with E-state index in [2.05, 4.69) is 39.5 Å². The zero-order valence-corrected chi connectivity index (χ0v) is 19.6. The number of benzene rings is 1. The molecule has 2 aliphatic rings. The van der Waals surface area contributed by atoms with Crippen LogP contribution in [0.4, 0.5) is 13.2 Å². The number of hydrogen-bond donors (Lipinski definition) is 2. The van der Waals surface area contributed by atoms with E-state index >= 15 is 0 Å². The van der Waals surface area contributed by atoms with Gasteiger partial charge in [0.2, 0.25) is 5.91 Å². The average molecular weight is 476 g/mol. The molecule has 184 valence electrons. The molecule has 2 aromatic rings. The van der Waals surface area contributed by atoms with E-state index in [1.165, 1.54) is 11.8 Å². The molecule has 0 atom stereocenters. The fourth-order valence-electron chi connectivity index (χ4n) is 5.38. The molecule has 4 rings (SSSR count). The summed E-state index contributed by atoms with van der Waals surface area (Å²) in [6.45, 7) is 5.10. The smallest absolute Gasteiger partial charge is 0.389 e. The number of aromatic nitrogens is 1. The molecule has 1 saturated heterocycles. The summed E-state index contributed by atoms with van der Waals surface area (Å²) >= 11 is 0. The molecule has 0 bridgehead atoms. The second kappa shape index (κ2) is 9.30. The molecule has 1 aromatic heterocycles. The normalized spacial score (nSPS) is 24.5. The lowest BCUT2D eigenvalue weighted by atomic mass is 9.56. The molecule has 1 aliphatic heterocycles. The summed E-state index contributed by atoms with van der Waals surface area (Å²) in [5.41, 5.74) is -1.43. The molecule has 1 aromatic carbocycles. The quantitative estimate of drug-likeness (QED) is 0.645. The van der Waals surface area contributed by atoms with Gasteiger partial charge < -0.3 is 15.3 Å². The van der Waals surface area contributed by atoms with Crippen LogP contribution >= 0.6 is 0 Å². The molecular formula is C26H32F3N3O2. The Morgan fingerprint density at radius 3 is 2.38 bits per heavy atom. The first kappa shape index (κ1) is 24.7. The van der Waals surface area contributed by atoms with Crippen molar-refractivity contribution in [2.24, 2.45) is 5.41 Å². The molecule has 1 aliphatic carbocycles. The SMILES string of the molecule is CC(C)(O)C1(C(=O)NCc2cncc(C(F)(F)F)c2)CC(N2CCC(c3ccccc3)CC2)C1. The number of pyridine rings is 1. The topological polar surface area (TPSA) is 65.5 Å². The number of nitrogens with zero attached hydrogens (tertiary/aromatic N) is 2. The van der Waals surface area contributed by atoms with E-state index in [-0.39, 0.29) is 24.1 Å². The minimum Gasteiger partial charge on any atom is -0.389 e. The molecule has 0 radical (unpaired) electrons. The number of piperidine rings is 1. The van der Waals surface area contributed by atoms with Gasteiger partial charge in [0.05, 0.1) is 16.6 Å². The maximum atomic E-state index is 13.2. The van der Waals surface area contributed by atoms with Gasteiger partial charge in [-0.05, 0) is 75.7 Å². The van der Waals surface area contributed by atoms with Gasteiger partial charge in [-0.3, -0.25) is 9.78 Å². The van der Waals surface area contributed by atoms with Crippen LogP contribution in [0.5, 0.6) is 0 Å². The van der Waals surface area contributed by atoms with Crippen molar-refractivity contribution in [3.05, 3.63) is 65.5 Å². The first-order valence-electron chi connectivity index (χ1n) is 11.8. The number of carbonyl (C=O) groups is 1. The van der Waals surface area contributed by atoms with Crippen LogP contribution in [-0.2, 0) is 17.5 Å². The van der Waals surface area contributed by atoms with Crippen LogP contribution in [0.1, 0.15) is 62.1 Å². The highest BCUT2D eigenvalue weighted by atomic mass is 19.4. The minimum absolute atomic E-state index is 0.0687. The number of rotatable bonds is 6. The van der Waals surface area contributed by atoms with Crippen LogP contribution in [0.3, 0.4) is 0 Å². The highest BCUT2D eigenvalue weighted by molar-refractivity contribution is 5.85. The zero-order valence-electron chi connectivity index (χ0n) is 19.6. The minimum atomic E-state index is -4.49. The van der Waals surface area contributed by atoms with Gasteiger partial charge in [0.1, 0.15) is 0 Å². The highest BCUT2D eigenvalue weighted by Gasteiger charge is 2.59. The van der Waals surface area contributed by atoms with Crippen molar-refractivity contribution >= 4 is 5.91 Å². The third kappa shape index (κ3) is 4.98. The van der Waals surface area contributed by atoms with Crippen LogP contribution in [0.15, 0.2) is 48.8 Å². The molecule has 8 heteroatoms. The number of carbonyl (C=O) groups excluding carboxylic acids is 1. The van der Waals surface area contributed by atoms with Gasteiger partial charge in [-0.25, -0.2) is 0 Å². The van der Waals surface area contributed by atoms with Gasteiger partial charge in [0.25, 0.3) is 0 Å². The van der Waals surface area contributed by atoms with E-state index in [9.17, 15) is 23.1 Å². The summed E-state index contributed by atoms with van der Waals surface area (Å²) in [6.07, 6.45) is 0.762. The summed E-state index contributed by atoms with van der Waals surface area (Å²) < 4.78 is 38.9. The average Bonchev–Trinajstić information content (AvgIpc) is 2.77. The zero-order chi connectivity index (χ0) is 24.6. The van der Waals surface area contributed by atoms with Gasteiger partial charge in [-0.2, -0.15) is 13.2 Å². The number of nitrogens with one attached hydrogen (secondary N) is 1. The maximum absolute atomic E-state index is 13.2. The van der Waals surface area contributed by atoms with E-state index in [0.29, 0.717) is 18.8 Å². The van der Waals surface area contributed by atoms with E-state index in [4.69, 9.17) is 0 Å². The van der Waals surface area contributed by atoms with Crippen molar-refractivity contribution in [2.75, 3.05) is 13.1 Å². The molecule has 2 fully saturated rings. The number of amides is 1. The van der Waals surface area contributed by atoms with Crippen molar-refractivity contribution in [3.8, 4) is 0 Å². The summed E-state index contributed by atoms with van der Waals surface area (Å²) in [7, 11) is 0. The van der Waals surface area contributed by atoms with Crippen molar-refractivity contribution in [1.82, 2.24) is 15.2 Å². The predicted molar refractivity (Wildman–Crippen MR) is 123 cm³/mol. The van der Waals surface area contributed by atoms with Gasteiger partial charge in [0, 0.05) is 25.0 Å². The fourth-order valence-corrected chi connectivity index (χ4v) is 5.38. The fraction of sp³-hybridized carbons (Fsp3) is 0.538. The lowest BCUT2D eigenvalue weighted by Crippen LogP contribution is -2.66. The number of hydrogen-bond acceptors (Lipinski definition) is 4. The van der Waals surface area contributed by atoms with Crippen LogP contribution in [0, 0.1) is 5.41 Å². The molecule has 2 N–H and O–H groups in total. The number of likely N-dealkylation sites (tertiary alicyclic amines) is 1. The standard InChI is InChI=1S/C26H32F3N3O2/c1-24(2,34)25(23(33)31-16-18-12-21(17-30-15-18)26(27,28)29)13-22(14-25)32-10-8-20(9-11-32)19-6-4-3-5-7-19/h3-7,12,15,17,20,22,34H,8-11,13-14,16H2,1-2H3,(H,31,33). The predicted octanol–water partition coefficient (Wildman–Crippen LogP) is 4.52. The van der Waals surface area contributed by atoms with Crippen molar-refractivity contribution < 1.29 is 23.1 Å². The number of aliphatic hydroxyl groups is 1. The maximum Gasteiger partial charge on any atom is 0.417 e. The second-order valence-electron chi connectivity index (χ2n) is 10.2. The summed E-state index contributed by atoms with van der Waals surface area (Å²) in [4.78, 5) is 19.2. The Balaban J connectivity index is 1.36. The van der Waals surface area contributed by atoms with Gasteiger partial charge in [-0.15, -0.1) is 0 Å². The molecule has 34 heavy (non-hydrogen) atoms. The van der Waals surface area contributed by atoms with Gasteiger partial charge in [-0.1, -0.05) is 30.3 Å². The Morgan fingerprint density at radius 1 is 1.15 bits per heavy atom. The second-order valence-corrected chi connectivity index (χ2v) is 10.2. The van der Waals surface area contributed by atoms with E-state index in [0.717, 1.165) is 38.2 Å². The van der Waals surface area contributed by atoms with E-state index in [1.807, 2.05) is 6.07 Å². The molecule has 1 amide bonds. The molecule has 5 nitrogen and oxygen atoms in total. The molecule has 0 unspecified atom stereocenters. The lowest BCUT2D eigenvalue weighted by Gasteiger charge is -2.56. The number of halogens is 3. The van der Waals surface area contributed by atoms with Gasteiger partial charge in [0.15, 0.2) is 0 Å².